The highest BCUT2D eigenvalue weighted by Crippen LogP contribution is 2.12. The molecule has 1 N–H and O–H groups in total. The van der Waals surface area contributed by atoms with Crippen LogP contribution in [0, 0.1) is 0 Å². The average molecular weight is 191 g/mol. The lowest BCUT2D eigenvalue weighted by atomic mass is 10.2. The van der Waals surface area contributed by atoms with E-state index in [0.29, 0.717) is 0 Å². The number of carboxylic acids is 1. The Morgan fingerprint density at radius 1 is 1.29 bits per heavy atom. The van der Waals surface area contributed by atoms with Crippen LogP contribution in [-0.2, 0) is 4.79 Å². The van der Waals surface area contributed by atoms with Gasteiger partial charge in [0, 0.05) is 25.9 Å². The largest absolute Gasteiger partial charge is 0.478 e. The molecular formula is C11H13NO2. The van der Waals surface area contributed by atoms with Crippen molar-refractivity contribution in [3.8, 4) is 0 Å². The minimum atomic E-state index is -0.929. The average Bonchev–Trinajstić information content (AvgIpc) is 2.15. The van der Waals surface area contributed by atoms with Crippen LogP contribution in [0.4, 0.5) is 5.69 Å². The third-order valence-electron chi connectivity index (χ3n) is 1.83. The molecule has 0 aliphatic carbocycles. The molecule has 0 amide bonds. The Balaban J connectivity index is 2.78. The van der Waals surface area contributed by atoms with Crippen LogP contribution in [0.15, 0.2) is 30.3 Å². The van der Waals surface area contributed by atoms with Gasteiger partial charge in [-0.05, 0) is 23.8 Å². The maximum atomic E-state index is 10.3. The molecule has 0 atom stereocenters. The van der Waals surface area contributed by atoms with Gasteiger partial charge in [-0.3, -0.25) is 0 Å². The van der Waals surface area contributed by atoms with Crippen molar-refractivity contribution < 1.29 is 9.90 Å². The lowest BCUT2D eigenvalue weighted by Crippen LogP contribution is -2.07. The first-order valence-electron chi connectivity index (χ1n) is 4.28. The predicted molar refractivity (Wildman–Crippen MR) is 57.4 cm³/mol. The summed E-state index contributed by atoms with van der Waals surface area (Å²) in [4.78, 5) is 12.2. The Labute approximate surface area is 83.3 Å². The van der Waals surface area contributed by atoms with Crippen molar-refractivity contribution in [1.82, 2.24) is 0 Å². The summed E-state index contributed by atoms with van der Waals surface area (Å²) in [7, 11) is 3.92. The van der Waals surface area contributed by atoms with E-state index in [2.05, 4.69) is 0 Å². The van der Waals surface area contributed by atoms with Gasteiger partial charge in [-0.2, -0.15) is 0 Å². The summed E-state index contributed by atoms with van der Waals surface area (Å²) in [6.07, 6.45) is 2.70. The zero-order valence-electron chi connectivity index (χ0n) is 8.27. The van der Waals surface area contributed by atoms with Gasteiger partial charge >= 0.3 is 5.97 Å². The summed E-state index contributed by atoms with van der Waals surface area (Å²) < 4.78 is 0. The lowest BCUT2D eigenvalue weighted by Gasteiger charge is -2.11. The Hall–Kier alpha value is -1.77. The maximum Gasteiger partial charge on any atom is 0.328 e. The van der Waals surface area contributed by atoms with Crippen LogP contribution in [-0.4, -0.2) is 25.2 Å². The zero-order chi connectivity index (χ0) is 10.6. The van der Waals surface area contributed by atoms with Gasteiger partial charge in [0.15, 0.2) is 0 Å². The highest BCUT2D eigenvalue weighted by atomic mass is 16.4. The van der Waals surface area contributed by atoms with Gasteiger partial charge in [-0.1, -0.05) is 12.1 Å². The van der Waals surface area contributed by atoms with Crippen LogP contribution in [0.25, 0.3) is 6.08 Å². The molecule has 74 valence electrons. The Morgan fingerprint density at radius 3 is 2.29 bits per heavy atom. The number of rotatable bonds is 3. The minimum absolute atomic E-state index is 0.887. The number of hydrogen-bond acceptors (Lipinski definition) is 2. The van der Waals surface area contributed by atoms with E-state index >= 15 is 0 Å². The SMILES string of the molecule is CN(C)c1ccc(/C=C/C(=O)O)cc1. The fourth-order valence-electron chi connectivity index (χ4n) is 1.05. The van der Waals surface area contributed by atoms with Gasteiger partial charge in [0.05, 0.1) is 0 Å². The summed E-state index contributed by atoms with van der Waals surface area (Å²) >= 11 is 0. The first kappa shape index (κ1) is 10.3. The summed E-state index contributed by atoms with van der Waals surface area (Å²) in [6, 6.07) is 7.66. The molecule has 3 heteroatoms. The van der Waals surface area contributed by atoms with Gasteiger partial charge in [0.25, 0.3) is 0 Å². The van der Waals surface area contributed by atoms with E-state index < -0.39 is 5.97 Å². The normalized spacial score (nSPS) is 10.4. The predicted octanol–water partition coefficient (Wildman–Crippen LogP) is 1.85. The van der Waals surface area contributed by atoms with E-state index in [-0.39, 0.29) is 0 Å². The molecule has 0 aromatic heterocycles. The van der Waals surface area contributed by atoms with Gasteiger partial charge in [-0.15, -0.1) is 0 Å². The van der Waals surface area contributed by atoms with Crippen LogP contribution in [0.2, 0.25) is 0 Å². The van der Waals surface area contributed by atoms with Crippen LogP contribution in [0.3, 0.4) is 0 Å². The molecule has 0 aliphatic rings. The minimum Gasteiger partial charge on any atom is -0.478 e. The van der Waals surface area contributed by atoms with Gasteiger partial charge in [0.1, 0.15) is 0 Å². The molecule has 1 rings (SSSR count). The Morgan fingerprint density at radius 2 is 1.86 bits per heavy atom. The van der Waals surface area contributed by atoms with E-state index in [1.54, 1.807) is 6.08 Å². The Kier molecular flexibility index (Phi) is 3.29. The summed E-state index contributed by atoms with van der Waals surface area (Å²) in [6.45, 7) is 0. The molecular weight excluding hydrogens is 178 g/mol. The number of aliphatic carboxylic acids is 1. The van der Waals surface area contributed by atoms with Crippen LogP contribution in [0.5, 0.6) is 0 Å². The molecule has 0 aliphatic heterocycles. The number of hydrogen-bond donors (Lipinski definition) is 1. The van der Waals surface area contributed by atoms with Crippen molar-refractivity contribution >= 4 is 17.7 Å². The fourth-order valence-corrected chi connectivity index (χ4v) is 1.05. The monoisotopic (exact) mass is 191 g/mol. The molecule has 0 saturated carbocycles. The van der Waals surface area contributed by atoms with Gasteiger partial charge < -0.3 is 10.0 Å². The number of benzene rings is 1. The standard InChI is InChI=1S/C11H13NO2/c1-12(2)10-6-3-9(4-7-10)5-8-11(13)14/h3-8H,1-2H3,(H,13,14)/b8-5+. The molecule has 0 fully saturated rings. The van der Waals surface area contributed by atoms with Gasteiger partial charge in [-0.25, -0.2) is 4.79 Å². The first-order chi connectivity index (χ1) is 6.59. The van der Waals surface area contributed by atoms with Crippen molar-refractivity contribution in [2.45, 2.75) is 0 Å². The van der Waals surface area contributed by atoms with Crippen molar-refractivity contribution in [1.29, 1.82) is 0 Å². The van der Waals surface area contributed by atoms with Crippen LogP contribution >= 0.6 is 0 Å². The van der Waals surface area contributed by atoms with Gasteiger partial charge in [0.2, 0.25) is 0 Å². The molecule has 0 spiro atoms. The third-order valence-corrected chi connectivity index (χ3v) is 1.83. The molecule has 1 aromatic carbocycles. The molecule has 0 bridgehead atoms. The topological polar surface area (TPSA) is 40.5 Å². The fraction of sp³-hybridized carbons (Fsp3) is 0.182. The number of carboxylic acid groups (broad SMARTS) is 1. The number of anilines is 1. The second kappa shape index (κ2) is 4.46. The quantitative estimate of drug-likeness (QED) is 0.741. The van der Waals surface area contributed by atoms with Crippen molar-refractivity contribution in [2.75, 3.05) is 19.0 Å². The van der Waals surface area contributed by atoms with E-state index in [9.17, 15) is 4.79 Å². The lowest BCUT2D eigenvalue weighted by molar-refractivity contribution is -0.131. The molecule has 0 unspecified atom stereocenters. The summed E-state index contributed by atoms with van der Waals surface area (Å²) in [5.41, 5.74) is 1.98. The first-order valence-corrected chi connectivity index (χ1v) is 4.28. The van der Waals surface area contributed by atoms with E-state index in [0.717, 1.165) is 17.3 Å². The van der Waals surface area contributed by atoms with E-state index in [4.69, 9.17) is 5.11 Å². The summed E-state index contributed by atoms with van der Waals surface area (Å²) in [5.74, 6) is -0.929. The van der Waals surface area contributed by atoms with E-state index in [1.807, 2.05) is 43.3 Å². The van der Waals surface area contributed by atoms with Crippen molar-refractivity contribution in [3.63, 3.8) is 0 Å². The highest BCUT2D eigenvalue weighted by Gasteiger charge is 1.93. The van der Waals surface area contributed by atoms with Crippen molar-refractivity contribution in [3.05, 3.63) is 35.9 Å². The van der Waals surface area contributed by atoms with E-state index in [1.165, 1.54) is 0 Å². The second-order valence-electron chi connectivity index (χ2n) is 3.16. The maximum absolute atomic E-state index is 10.3. The van der Waals surface area contributed by atoms with Crippen molar-refractivity contribution in [2.24, 2.45) is 0 Å². The zero-order valence-corrected chi connectivity index (χ0v) is 8.27. The highest BCUT2D eigenvalue weighted by molar-refractivity contribution is 5.85. The Bertz CT molecular complexity index is 339. The van der Waals surface area contributed by atoms with Crippen LogP contribution < -0.4 is 4.90 Å². The second-order valence-corrected chi connectivity index (χ2v) is 3.16. The molecule has 1 aromatic rings. The third kappa shape index (κ3) is 2.94. The number of carbonyl (C=O) groups is 1. The summed E-state index contributed by atoms with van der Waals surface area (Å²) in [5, 5.41) is 8.42. The molecule has 0 radical (unpaired) electrons. The molecule has 0 heterocycles. The molecule has 14 heavy (non-hydrogen) atoms. The number of nitrogens with zero attached hydrogens (tertiary/aromatic N) is 1. The van der Waals surface area contributed by atoms with Crippen LogP contribution in [0.1, 0.15) is 5.56 Å². The molecule has 3 nitrogen and oxygen atoms in total. The molecule has 0 saturated heterocycles. The smallest absolute Gasteiger partial charge is 0.328 e.